The van der Waals surface area contributed by atoms with Crippen molar-refractivity contribution in [2.75, 3.05) is 0 Å². The fraction of sp³-hybridized carbons (Fsp3) is 0.0769. The SMILES string of the molecule is Fc1cc(F)cc(Cc2n[nH]c3cc(Cl)cnc23)c1. The number of aromatic amines is 1. The minimum atomic E-state index is -0.606. The number of aromatic nitrogens is 3. The van der Waals surface area contributed by atoms with Crippen LogP contribution in [0.25, 0.3) is 11.0 Å². The van der Waals surface area contributed by atoms with Crippen LogP contribution < -0.4 is 0 Å². The van der Waals surface area contributed by atoms with Gasteiger partial charge in [-0.15, -0.1) is 0 Å². The van der Waals surface area contributed by atoms with Crippen LogP contribution in [-0.4, -0.2) is 15.2 Å². The average molecular weight is 280 g/mol. The van der Waals surface area contributed by atoms with Gasteiger partial charge in [0, 0.05) is 18.7 Å². The lowest BCUT2D eigenvalue weighted by Crippen LogP contribution is -1.93. The molecule has 0 atom stereocenters. The van der Waals surface area contributed by atoms with E-state index in [4.69, 9.17) is 11.6 Å². The summed E-state index contributed by atoms with van der Waals surface area (Å²) in [6.07, 6.45) is 1.80. The number of hydrogen-bond donors (Lipinski definition) is 1. The Morgan fingerprint density at radius 1 is 1.11 bits per heavy atom. The topological polar surface area (TPSA) is 41.6 Å². The van der Waals surface area contributed by atoms with Crippen LogP contribution in [0.5, 0.6) is 0 Å². The van der Waals surface area contributed by atoms with Crippen molar-refractivity contribution in [2.24, 2.45) is 0 Å². The summed E-state index contributed by atoms with van der Waals surface area (Å²) in [6.45, 7) is 0. The number of fused-ring (bicyclic) bond motifs is 1. The Kier molecular flexibility index (Phi) is 2.91. The second kappa shape index (κ2) is 4.59. The van der Waals surface area contributed by atoms with E-state index in [9.17, 15) is 8.78 Å². The van der Waals surface area contributed by atoms with Crippen LogP contribution in [0.2, 0.25) is 5.02 Å². The van der Waals surface area contributed by atoms with Crippen LogP contribution in [0, 0.1) is 11.6 Å². The molecule has 3 nitrogen and oxygen atoms in total. The zero-order chi connectivity index (χ0) is 13.4. The third kappa shape index (κ3) is 2.42. The van der Waals surface area contributed by atoms with Crippen LogP contribution in [-0.2, 0) is 6.42 Å². The van der Waals surface area contributed by atoms with Gasteiger partial charge in [0.15, 0.2) is 0 Å². The summed E-state index contributed by atoms with van der Waals surface area (Å²) in [5.41, 5.74) is 2.47. The standard InChI is InChI=1S/C13H8ClF2N3/c14-8-4-12-13(17-6-8)11(18-19-12)3-7-1-9(15)5-10(16)2-7/h1-2,4-6H,3H2,(H,18,19). The van der Waals surface area contributed by atoms with E-state index < -0.39 is 11.6 Å². The molecule has 0 bridgehead atoms. The molecule has 0 aliphatic heterocycles. The minimum absolute atomic E-state index is 0.295. The van der Waals surface area contributed by atoms with Gasteiger partial charge >= 0.3 is 0 Å². The highest BCUT2D eigenvalue weighted by molar-refractivity contribution is 6.31. The summed E-state index contributed by atoms with van der Waals surface area (Å²) in [7, 11) is 0. The molecule has 0 fully saturated rings. The van der Waals surface area contributed by atoms with Crippen molar-refractivity contribution in [1.82, 2.24) is 15.2 Å². The maximum atomic E-state index is 13.1. The van der Waals surface area contributed by atoms with Gasteiger partial charge < -0.3 is 0 Å². The third-order valence-electron chi connectivity index (χ3n) is 2.73. The molecule has 0 spiro atoms. The Labute approximate surface area is 112 Å². The van der Waals surface area contributed by atoms with Crippen molar-refractivity contribution < 1.29 is 8.78 Å². The molecule has 0 saturated heterocycles. The Hall–Kier alpha value is -2.01. The number of nitrogens with one attached hydrogen (secondary N) is 1. The molecule has 0 aliphatic rings. The van der Waals surface area contributed by atoms with E-state index in [1.807, 2.05) is 0 Å². The summed E-state index contributed by atoms with van der Waals surface area (Å²) in [4.78, 5) is 4.17. The molecular weight excluding hydrogens is 272 g/mol. The summed E-state index contributed by atoms with van der Waals surface area (Å²) in [5, 5.41) is 7.39. The molecule has 1 aromatic carbocycles. The Balaban J connectivity index is 2.01. The first-order chi connectivity index (χ1) is 9.11. The van der Waals surface area contributed by atoms with Crippen molar-refractivity contribution >= 4 is 22.6 Å². The summed E-state index contributed by atoms with van der Waals surface area (Å²) < 4.78 is 26.2. The Bertz CT molecular complexity index is 734. The number of benzene rings is 1. The zero-order valence-corrected chi connectivity index (χ0v) is 10.4. The molecular formula is C13H8ClF2N3. The fourth-order valence-electron chi connectivity index (χ4n) is 1.96. The van der Waals surface area contributed by atoms with Crippen molar-refractivity contribution in [1.29, 1.82) is 0 Å². The lowest BCUT2D eigenvalue weighted by molar-refractivity contribution is 0.580. The monoisotopic (exact) mass is 279 g/mol. The van der Waals surface area contributed by atoms with Gasteiger partial charge in [-0.1, -0.05) is 11.6 Å². The summed E-state index contributed by atoms with van der Waals surface area (Å²) in [5.74, 6) is -1.21. The van der Waals surface area contributed by atoms with Gasteiger partial charge in [0.1, 0.15) is 17.2 Å². The Morgan fingerprint density at radius 3 is 2.58 bits per heavy atom. The molecule has 6 heteroatoms. The lowest BCUT2D eigenvalue weighted by atomic mass is 10.1. The highest BCUT2D eigenvalue weighted by atomic mass is 35.5. The van der Waals surface area contributed by atoms with E-state index in [-0.39, 0.29) is 0 Å². The molecule has 96 valence electrons. The van der Waals surface area contributed by atoms with Gasteiger partial charge in [0.05, 0.1) is 16.2 Å². The second-order valence-electron chi connectivity index (χ2n) is 4.17. The Morgan fingerprint density at radius 2 is 1.84 bits per heavy atom. The van der Waals surface area contributed by atoms with Crippen LogP contribution in [0.4, 0.5) is 8.78 Å². The molecule has 0 amide bonds. The molecule has 3 rings (SSSR count). The largest absolute Gasteiger partial charge is 0.276 e. The van der Waals surface area contributed by atoms with E-state index in [1.165, 1.54) is 18.3 Å². The maximum absolute atomic E-state index is 13.1. The van der Waals surface area contributed by atoms with Crippen LogP contribution in [0.15, 0.2) is 30.5 Å². The van der Waals surface area contributed by atoms with Crippen molar-refractivity contribution in [3.63, 3.8) is 0 Å². The molecule has 0 unspecified atom stereocenters. The normalized spacial score (nSPS) is 11.1. The predicted octanol–water partition coefficient (Wildman–Crippen LogP) is 3.48. The molecule has 2 heterocycles. The van der Waals surface area contributed by atoms with E-state index in [0.29, 0.717) is 33.7 Å². The van der Waals surface area contributed by atoms with E-state index in [0.717, 1.165) is 6.07 Å². The first kappa shape index (κ1) is 12.0. The minimum Gasteiger partial charge on any atom is -0.276 e. The summed E-state index contributed by atoms with van der Waals surface area (Å²) in [6, 6.07) is 5.09. The fourth-order valence-corrected chi connectivity index (χ4v) is 2.12. The van der Waals surface area contributed by atoms with E-state index >= 15 is 0 Å². The van der Waals surface area contributed by atoms with Gasteiger partial charge in [-0.25, -0.2) is 8.78 Å². The maximum Gasteiger partial charge on any atom is 0.126 e. The van der Waals surface area contributed by atoms with Gasteiger partial charge in [0.2, 0.25) is 0 Å². The number of rotatable bonds is 2. The lowest BCUT2D eigenvalue weighted by Gasteiger charge is -2.00. The number of H-pyrrole nitrogens is 1. The first-order valence-corrected chi connectivity index (χ1v) is 5.93. The third-order valence-corrected chi connectivity index (χ3v) is 2.94. The number of nitrogens with zero attached hydrogens (tertiary/aromatic N) is 2. The van der Waals surface area contributed by atoms with Crippen LogP contribution in [0.1, 0.15) is 11.3 Å². The van der Waals surface area contributed by atoms with Crippen molar-refractivity contribution in [3.8, 4) is 0 Å². The van der Waals surface area contributed by atoms with Gasteiger partial charge in [-0.05, 0) is 23.8 Å². The van der Waals surface area contributed by atoms with Gasteiger partial charge in [0.25, 0.3) is 0 Å². The molecule has 3 aromatic rings. The van der Waals surface area contributed by atoms with E-state index in [1.54, 1.807) is 6.07 Å². The van der Waals surface area contributed by atoms with Gasteiger partial charge in [-0.2, -0.15) is 5.10 Å². The molecule has 1 N–H and O–H groups in total. The van der Waals surface area contributed by atoms with Gasteiger partial charge in [-0.3, -0.25) is 10.1 Å². The molecule has 0 saturated carbocycles. The number of halogens is 3. The smallest absolute Gasteiger partial charge is 0.126 e. The molecule has 19 heavy (non-hydrogen) atoms. The van der Waals surface area contributed by atoms with E-state index in [2.05, 4.69) is 15.2 Å². The van der Waals surface area contributed by atoms with Crippen LogP contribution in [0.3, 0.4) is 0 Å². The quantitative estimate of drug-likeness (QED) is 0.780. The molecule has 0 aliphatic carbocycles. The predicted molar refractivity (Wildman–Crippen MR) is 68.1 cm³/mol. The highest BCUT2D eigenvalue weighted by Gasteiger charge is 2.10. The molecule has 2 aromatic heterocycles. The summed E-state index contributed by atoms with van der Waals surface area (Å²) >= 11 is 5.82. The average Bonchev–Trinajstić information content (AvgIpc) is 2.70. The van der Waals surface area contributed by atoms with Crippen molar-refractivity contribution in [3.05, 3.63) is 58.4 Å². The number of pyridine rings is 1. The highest BCUT2D eigenvalue weighted by Crippen LogP contribution is 2.20. The second-order valence-corrected chi connectivity index (χ2v) is 4.61. The van der Waals surface area contributed by atoms with Crippen LogP contribution >= 0.6 is 11.6 Å². The first-order valence-electron chi connectivity index (χ1n) is 5.55. The zero-order valence-electron chi connectivity index (χ0n) is 9.62. The van der Waals surface area contributed by atoms with Crippen molar-refractivity contribution in [2.45, 2.75) is 6.42 Å². The molecule has 0 radical (unpaired) electrons. The number of hydrogen-bond acceptors (Lipinski definition) is 2.